The second-order valence-corrected chi connectivity index (χ2v) is 6.14. The molecule has 19 heavy (non-hydrogen) atoms. The molecule has 0 spiro atoms. The van der Waals surface area contributed by atoms with Gasteiger partial charge in [0.05, 0.1) is 0 Å². The average Bonchev–Trinajstić information content (AvgIpc) is 2.72. The molecule has 0 aliphatic rings. The Balaban J connectivity index is 2.24. The topological polar surface area (TPSA) is 29.9 Å². The van der Waals surface area contributed by atoms with E-state index in [2.05, 4.69) is 70.6 Å². The quantitative estimate of drug-likeness (QED) is 0.887. The predicted molar refractivity (Wildman–Crippen MR) is 84.0 cm³/mol. The van der Waals surface area contributed by atoms with Crippen LogP contribution in [0.2, 0.25) is 0 Å². The Kier molecular flexibility index (Phi) is 4.30. The van der Waals surface area contributed by atoms with Crippen LogP contribution in [0.5, 0.6) is 0 Å². The van der Waals surface area contributed by atoms with Gasteiger partial charge in [-0.15, -0.1) is 0 Å². The molecule has 1 aromatic carbocycles. The number of imidazole rings is 1. The molecule has 0 atom stereocenters. The summed E-state index contributed by atoms with van der Waals surface area (Å²) in [4.78, 5) is 4.39. The lowest BCUT2D eigenvalue weighted by Crippen LogP contribution is -2.07. The largest absolute Gasteiger partial charge is 0.326 e. The lowest BCUT2D eigenvalue weighted by molar-refractivity contribution is 0.527. The highest BCUT2D eigenvalue weighted by atomic mass is 79.9. The number of halogens is 1. The Morgan fingerprint density at radius 2 is 1.89 bits per heavy atom. The van der Waals surface area contributed by atoms with E-state index in [9.17, 15) is 0 Å². The van der Waals surface area contributed by atoms with E-state index in [0.717, 1.165) is 18.2 Å². The normalized spacial score (nSPS) is 11.1. The zero-order chi connectivity index (χ0) is 14.0. The molecule has 2 rings (SSSR count). The van der Waals surface area contributed by atoms with Gasteiger partial charge in [-0.05, 0) is 43.0 Å². The number of anilines is 2. The maximum atomic E-state index is 4.39. The van der Waals surface area contributed by atoms with Crippen molar-refractivity contribution in [3.05, 3.63) is 40.1 Å². The van der Waals surface area contributed by atoms with Crippen LogP contribution in [0.1, 0.15) is 25.0 Å². The first-order chi connectivity index (χ1) is 8.97. The molecule has 1 heterocycles. The fourth-order valence-electron chi connectivity index (χ4n) is 2.12. The molecular formula is C15H20BrN3. The number of hydrogen-bond acceptors (Lipinski definition) is 2. The highest BCUT2D eigenvalue weighted by Gasteiger charge is 2.07. The monoisotopic (exact) mass is 321 g/mol. The van der Waals surface area contributed by atoms with Crippen molar-refractivity contribution in [3.63, 3.8) is 0 Å². The van der Waals surface area contributed by atoms with Crippen molar-refractivity contribution in [1.82, 2.24) is 9.55 Å². The van der Waals surface area contributed by atoms with E-state index in [-0.39, 0.29) is 0 Å². The smallest absolute Gasteiger partial charge is 0.207 e. The molecule has 0 fully saturated rings. The molecule has 0 aliphatic carbocycles. The second-order valence-electron chi connectivity index (χ2n) is 5.35. The molecule has 0 bridgehead atoms. The van der Waals surface area contributed by atoms with Gasteiger partial charge in [-0.1, -0.05) is 29.8 Å². The second kappa shape index (κ2) is 5.78. The highest BCUT2D eigenvalue weighted by Crippen LogP contribution is 2.26. The van der Waals surface area contributed by atoms with Gasteiger partial charge in [0, 0.05) is 29.1 Å². The van der Waals surface area contributed by atoms with E-state index in [1.54, 1.807) is 0 Å². The van der Waals surface area contributed by atoms with Crippen molar-refractivity contribution in [2.45, 2.75) is 34.2 Å². The van der Waals surface area contributed by atoms with Crippen LogP contribution in [0, 0.1) is 19.8 Å². The fraction of sp³-hybridized carbons (Fsp3) is 0.400. The van der Waals surface area contributed by atoms with Gasteiger partial charge in [0.2, 0.25) is 5.95 Å². The summed E-state index contributed by atoms with van der Waals surface area (Å²) in [6, 6.07) is 4.26. The van der Waals surface area contributed by atoms with Crippen LogP contribution >= 0.6 is 15.9 Å². The molecule has 4 heteroatoms. The van der Waals surface area contributed by atoms with Gasteiger partial charge in [-0.25, -0.2) is 4.98 Å². The molecule has 0 aliphatic heterocycles. The van der Waals surface area contributed by atoms with Crippen molar-refractivity contribution in [2.24, 2.45) is 5.92 Å². The Morgan fingerprint density at radius 3 is 2.47 bits per heavy atom. The van der Waals surface area contributed by atoms with Crippen LogP contribution in [0.25, 0.3) is 0 Å². The van der Waals surface area contributed by atoms with Gasteiger partial charge in [-0.2, -0.15) is 0 Å². The standard InChI is InChI=1S/C15H20BrN3/c1-10(2)9-19-6-5-17-15(19)18-13-7-11(3)14(16)12(4)8-13/h5-8,10H,9H2,1-4H3,(H,17,18). The van der Waals surface area contributed by atoms with E-state index in [4.69, 9.17) is 0 Å². The molecule has 0 radical (unpaired) electrons. The first kappa shape index (κ1) is 14.1. The number of rotatable bonds is 4. The van der Waals surface area contributed by atoms with Crippen LogP contribution in [0.15, 0.2) is 29.0 Å². The Bertz CT molecular complexity index is 550. The Labute approximate surface area is 123 Å². The van der Waals surface area contributed by atoms with Crippen molar-refractivity contribution in [1.29, 1.82) is 0 Å². The number of hydrogen-bond donors (Lipinski definition) is 1. The molecule has 3 nitrogen and oxygen atoms in total. The van der Waals surface area contributed by atoms with E-state index < -0.39 is 0 Å². The lowest BCUT2D eigenvalue weighted by atomic mass is 10.1. The first-order valence-corrected chi connectivity index (χ1v) is 7.31. The number of nitrogens with one attached hydrogen (secondary N) is 1. The summed E-state index contributed by atoms with van der Waals surface area (Å²) in [6.45, 7) is 9.58. The van der Waals surface area contributed by atoms with Crippen molar-refractivity contribution < 1.29 is 0 Å². The van der Waals surface area contributed by atoms with E-state index >= 15 is 0 Å². The Hall–Kier alpha value is -1.29. The molecule has 0 saturated heterocycles. The van der Waals surface area contributed by atoms with Gasteiger partial charge in [0.15, 0.2) is 0 Å². The third kappa shape index (κ3) is 3.38. The minimum atomic E-state index is 0.600. The van der Waals surface area contributed by atoms with Crippen molar-refractivity contribution in [2.75, 3.05) is 5.32 Å². The van der Waals surface area contributed by atoms with Crippen LogP contribution in [-0.2, 0) is 6.54 Å². The van der Waals surface area contributed by atoms with Crippen molar-refractivity contribution >= 4 is 27.6 Å². The summed E-state index contributed by atoms with van der Waals surface area (Å²) in [6.07, 6.45) is 3.85. The maximum Gasteiger partial charge on any atom is 0.207 e. The minimum Gasteiger partial charge on any atom is -0.326 e. The van der Waals surface area contributed by atoms with Gasteiger partial charge in [-0.3, -0.25) is 0 Å². The number of aromatic nitrogens is 2. The van der Waals surface area contributed by atoms with Gasteiger partial charge >= 0.3 is 0 Å². The summed E-state index contributed by atoms with van der Waals surface area (Å²) < 4.78 is 3.32. The van der Waals surface area contributed by atoms with Crippen LogP contribution in [-0.4, -0.2) is 9.55 Å². The summed E-state index contributed by atoms with van der Waals surface area (Å²) >= 11 is 3.59. The molecule has 0 saturated carbocycles. The molecule has 0 unspecified atom stereocenters. The third-order valence-electron chi connectivity index (χ3n) is 2.97. The molecule has 1 aromatic heterocycles. The zero-order valence-corrected chi connectivity index (χ0v) is 13.5. The number of nitrogens with zero attached hydrogens (tertiary/aromatic N) is 2. The Morgan fingerprint density at radius 1 is 1.26 bits per heavy atom. The summed E-state index contributed by atoms with van der Waals surface area (Å²) in [5, 5.41) is 3.40. The van der Waals surface area contributed by atoms with Gasteiger partial charge in [0.1, 0.15) is 0 Å². The van der Waals surface area contributed by atoms with E-state index in [1.165, 1.54) is 15.6 Å². The van der Waals surface area contributed by atoms with Gasteiger partial charge in [0.25, 0.3) is 0 Å². The third-order valence-corrected chi connectivity index (χ3v) is 4.22. The first-order valence-electron chi connectivity index (χ1n) is 6.52. The molecule has 1 N–H and O–H groups in total. The van der Waals surface area contributed by atoms with E-state index in [1.807, 2.05) is 12.4 Å². The molecule has 2 aromatic rings. The maximum absolute atomic E-state index is 4.39. The lowest BCUT2D eigenvalue weighted by Gasteiger charge is -2.13. The van der Waals surface area contributed by atoms with Crippen LogP contribution < -0.4 is 5.32 Å². The van der Waals surface area contributed by atoms with Crippen LogP contribution in [0.3, 0.4) is 0 Å². The predicted octanol–water partition coefficient (Wildman–Crippen LogP) is 4.66. The van der Waals surface area contributed by atoms with Crippen molar-refractivity contribution in [3.8, 4) is 0 Å². The summed E-state index contributed by atoms with van der Waals surface area (Å²) in [7, 11) is 0. The summed E-state index contributed by atoms with van der Waals surface area (Å²) in [5.41, 5.74) is 3.53. The molecule has 102 valence electrons. The average molecular weight is 322 g/mol. The number of aryl methyl sites for hydroxylation is 2. The SMILES string of the molecule is Cc1cc(Nc2nccn2CC(C)C)cc(C)c1Br. The fourth-order valence-corrected chi connectivity index (χ4v) is 2.35. The molecule has 0 amide bonds. The highest BCUT2D eigenvalue weighted by molar-refractivity contribution is 9.10. The zero-order valence-electron chi connectivity index (χ0n) is 11.9. The minimum absolute atomic E-state index is 0.600. The van der Waals surface area contributed by atoms with Gasteiger partial charge < -0.3 is 9.88 Å². The summed E-state index contributed by atoms with van der Waals surface area (Å²) in [5.74, 6) is 1.50. The van der Waals surface area contributed by atoms with Crippen LogP contribution in [0.4, 0.5) is 11.6 Å². The molecular weight excluding hydrogens is 302 g/mol. The van der Waals surface area contributed by atoms with E-state index in [0.29, 0.717) is 5.92 Å². The number of benzene rings is 1.